The molecular weight excluding hydrogens is 222 g/mol. The summed E-state index contributed by atoms with van der Waals surface area (Å²) in [6.07, 6.45) is 2.13. The molecule has 3 heteroatoms. The molecule has 1 aliphatic rings. The highest BCUT2D eigenvalue weighted by atomic mass is 15.2. The fraction of sp³-hybridized carbons (Fsp3) is 0.400. The Hall–Kier alpha value is -1.61. The van der Waals surface area contributed by atoms with Gasteiger partial charge in [-0.25, -0.2) is 4.98 Å². The van der Waals surface area contributed by atoms with Gasteiger partial charge < -0.3 is 10.6 Å². The zero-order valence-corrected chi connectivity index (χ0v) is 10.8. The van der Waals surface area contributed by atoms with E-state index in [2.05, 4.69) is 36.1 Å². The molecule has 0 amide bonds. The quantitative estimate of drug-likeness (QED) is 0.896. The molecule has 0 fully saturated rings. The van der Waals surface area contributed by atoms with E-state index in [0.717, 1.165) is 37.3 Å². The molecule has 2 heterocycles. The van der Waals surface area contributed by atoms with Crippen LogP contribution in [0.15, 0.2) is 30.3 Å². The van der Waals surface area contributed by atoms with Crippen molar-refractivity contribution in [1.82, 2.24) is 4.98 Å². The number of fused-ring (bicyclic) bond motifs is 2. The molecule has 0 saturated carbocycles. The summed E-state index contributed by atoms with van der Waals surface area (Å²) < 4.78 is 0. The Balaban J connectivity index is 1.93. The molecule has 0 saturated heterocycles. The first-order valence-corrected chi connectivity index (χ1v) is 6.63. The number of para-hydroxylation sites is 1. The first kappa shape index (κ1) is 11.5. The SMILES string of the molecule is CC(N)CCN1CCc2cc3ccccc3nc21. The van der Waals surface area contributed by atoms with Crippen LogP contribution in [0.3, 0.4) is 0 Å². The number of hydrogen-bond donors (Lipinski definition) is 1. The lowest BCUT2D eigenvalue weighted by atomic mass is 10.1. The average molecular weight is 241 g/mol. The Morgan fingerprint density at radius 1 is 1.39 bits per heavy atom. The average Bonchev–Trinajstić information content (AvgIpc) is 2.76. The summed E-state index contributed by atoms with van der Waals surface area (Å²) in [6.45, 7) is 4.15. The molecule has 0 aliphatic carbocycles. The van der Waals surface area contributed by atoms with E-state index in [1.54, 1.807) is 0 Å². The van der Waals surface area contributed by atoms with Crippen LogP contribution in [0.5, 0.6) is 0 Å². The van der Waals surface area contributed by atoms with Gasteiger partial charge in [-0.15, -0.1) is 0 Å². The van der Waals surface area contributed by atoms with E-state index >= 15 is 0 Å². The normalized spacial score (nSPS) is 16.0. The van der Waals surface area contributed by atoms with Gasteiger partial charge in [0, 0.05) is 24.5 Å². The number of nitrogens with zero attached hydrogens (tertiary/aromatic N) is 2. The molecule has 18 heavy (non-hydrogen) atoms. The van der Waals surface area contributed by atoms with Crippen molar-refractivity contribution in [3.8, 4) is 0 Å². The second kappa shape index (κ2) is 4.58. The molecular formula is C15H19N3. The van der Waals surface area contributed by atoms with Crippen LogP contribution < -0.4 is 10.6 Å². The van der Waals surface area contributed by atoms with Crippen molar-refractivity contribution in [2.75, 3.05) is 18.0 Å². The van der Waals surface area contributed by atoms with Crippen LogP contribution in [-0.2, 0) is 6.42 Å². The molecule has 2 aromatic rings. The topological polar surface area (TPSA) is 42.1 Å². The lowest BCUT2D eigenvalue weighted by Crippen LogP contribution is -2.28. The van der Waals surface area contributed by atoms with Gasteiger partial charge in [0.05, 0.1) is 5.52 Å². The van der Waals surface area contributed by atoms with E-state index in [1.807, 2.05) is 6.07 Å². The third kappa shape index (κ3) is 2.06. The molecule has 3 rings (SSSR count). The van der Waals surface area contributed by atoms with Gasteiger partial charge in [-0.05, 0) is 37.5 Å². The van der Waals surface area contributed by atoms with Crippen LogP contribution in [0.2, 0.25) is 0 Å². The Labute approximate surface area is 108 Å². The standard InChI is InChI=1S/C15H19N3/c1-11(16)6-8-18-9-7-13-10-12-4-2-3-5-14(12)17-15(13)18/h2-5,10-11H,6-9,16H2,1H3. The smallest absolute Gasteiger partial charge is 0.132 e. The predicted octanol–water partition coefficient (Wildman–Crippen LogP) is 2.33. The second-order valence-electron chi connectivity index (χ2n) is 5.17. The molecule has 94 valence electrons. The molecule has 2 N–H and O–H groups in total. The minimum Gasteiger partial charge on any atom is -0.356 e. The second-order valence-corrected chi connectivity index (χ2v) is 5.17. The van der Waals surface area contributed by atoms with Crippen LogP contribution >= 0.6 is 0 Å². The summed E-state index contributed by atoms with van der Waals surface area (Å²) in [5.74, 6) is 1.16. The Bertz CT molecular complexity index is 563. The van der Waals surface area contributed by atoms with Gasteiger partial charge in [-0.2, -0.15) is 0 Å². The predicted molar refractivity (Wildman–Crippen MR) is 75.9 cm³/mol. The van der Waals surface area contributed by atoms with Gasteiger partial charge in [0.25, 0.3) is 0 Å². The number of hydrogen-bond acceptors (Lipinski definition) is 3. The van der Waals surface area contributed by atoms with E-state index in [4.69, 9.17) is 10.7 Å². The third-order valence-electron chi connectivity index (χ3n) is 3.59. The minimum atomic E-state index is 0.259. The van der Waals surface area contributed by atoms with E-state index in [-0.39, 0.29) is 6.04 Å². The maximum absolute atomic E-state index is 5.83. The summed E-state index contributed by atoms with van der Waals surface area (Å²) in [4.78, 5) is 7.17. The molecule has 1 aliphatic heterocycles. The largest absolute Gasteiger partial charge is 0.356 e. The number of pyridine rings is 1. The van der Waals surface area contributed by atoms with E-state index < -0.39 is 0 Å². The van der Waals surface area contributed by atoms with Crippen LogP contribution in [0.4, 0.5) is 5.82 Å². The lowest BCUT2D eigenvalue weighted by molar-refractivity contribution is 0.645. The summed E-state index contributed by atoms with van der Waals surface area (Å²) in [5.41, 5.74) is 8.29. The van der Waals surface area contributed by atoms with Gasteiger partial charge >= 0.3 is 0 Å². The molecule has 1 atom stereocenters. The molecule has 0 radical (unpaired) electrons. The van der Waals surface area contributed by atoms with Gasteiger partial charge in [-0.1, -0.05) is 18.2 Å². The third-order valence-corrected chi connectivity index (χ3v) is 3.59. The molecule has 1 unspecified atom stereocenters. The molecule has 0 bridgehead atoms. The maximum atomic E-state index is 5.83. The first-order valence-electron chi connectivity index (χ1n) is 6.63. The number of aromatic nitrogens is 1. The molecule has 3 nitrogen and oxygen atoms in total. The van der Waals surface area contributed by atoms with Crippen LogP contribution in [0.1, 0.15) is 18.9 Å². The summed E-state index contributed by atoms with van der Waals surface area (Å²) in [7, 11) is 0. The zero-order valence-electron chi connectivity index (χ0n) is 10.8. The van der Waals surface area contributed by atoms with Crippen LogP contribution in [-0.4, -0.2) is 24.1 Å². The summed E-state index contributed by atoms with van der Waals surface area (Å²) in [5, 5.41) is 1.24. The molecule has 1 aromatic carbocycles. The lowest BCUT2D eigenvalue weighted by Gasteiger charge is -2.19. The van der Waals surface area contributed by atoms with Crippen LogP contribution in [0.25, 0.3) is 10.9 Å². The maximum Gasteiger partial charge on any atom is 0.132 e. The Kier molecular flexibility index (Phi) is 2.92. The van der Waals surface area contributed by atoms with Gasteiger partial charge in [0.15, 0.2) is 0 Å². The molecule has 0 spiro atoms. The van der Waals surface area contributed by atoms with E-state index in [0.29, 0.717) is 0 Å². The zero-order chi connectivity index (χ0) is 12.5. The van der Waals surface area contributed by atoms with Gasteiger partial charge in [0.2, 0.25) is 0 Å². The number of rotatable bonds is 3. The number of benzene rings is 1. The van der Waals surface area contributed by atoms with Crippen molar-refractivity contribution < 1.29 is 0 Å². The van der Waals surface area contributed by atoms with Crippen molar-refractivity contribution in [3.63, 3.8) is 0 Å². The fourth-order valence-corrected chi connectivity index (χ4v) is 2.55. The van der Waals surface area contributed by atoms with Crippen molar-refractivity contribution in [2.45, 2.75) is 25.8 Å². The number of nitrogens with two attached hydrogens (primary N) is 1. The summed E-state index contributed by atoms with van der Waals surface area (Å²) >= 11 is 0. The van der Waals surface area contributed by atoms with Gasteiger partial charge in [0.1, 0.15) is 5.82 Å². The Morgan fingerprint density at radius 3 is 3.06 bits per heavy atom. The molecule has 1 aromatic heterocycles. The van der Waals surface area contributed by atoms with Crippen molar-refractivity contribution in [1.29, 1.82) is 0 Å². The van der Waals surface area contributed by atoms with E-state index in [9.17, 15) is 0 Å². The van der Waals surface area contributed by atoms with Crippen molar-refractivity contribution in [3.05, 3.63) is 35.9 Å². The highest BCUT2D eigenvalue weighted by molar-refractivity contribution is 5.82. The fourth-order valence-electron chi connectivity index (χ4n) is 2.55. The van der Waals surface area contributed by atoms with Crippen LogP contribution in [0, 0.1) is 0 Å². The van der Waals surface area contributed by atoms with Crippen molar-refractivity contribution >= 4 is 16.7 Å². The highest BCUT2D eigenvalue weighted by Gasteiger charge is 2.20. The summed E-state index contributed by atoms with van der Waals surface area (Å²) in [6, 6.07) is 10.9. The minimum absolute atomic E-state index is 0.259. The monoisotopic (exact) mass is 241 g/mol. The first-order chi connectivity index (χ1) is 8.74. The van der Waals surface area contributed by atoms with Gasteiger partial charge in [-0.3, -0.25) is 0 Å². The van der Waals surface area contributed by atoms with Crippen molar-refractivity contribution in [2.24, 2.45) is 5.73 Å². The number of anilines is 1. The van der Waals surface area contributed by atoms with E-state index in [1.165, 1.54) is 10.9 Å². The highest BCUT2D eigenvalue weighted by Crippen LogP contribution is 2.29. The Morgan fingerprint density at radius 2 is 2.22 bits per heavy atom.